The average molecular weight is 658 g/mol. The monoisotopic (exact) mass is 657 g/mol. The van der Waals surface area contributed by atoms with E-state index in [-0.39, 0.29) is 29.5 Å². The molecular weight excluding hydrogens is 614 g/mol. The minimum atomic E-state index is -4.24. The van der Waals surface area contributed by atoms with Crippen LogP contribution in [0.4, 0.5) is 5.69 Å². The third-order valence-electron chi connectivity index (χ3n) is 7.80. The van der Waals surface area contributed by atoms with Crippen LogP contribution in [-0.4, -0.2) is 58.5 Å². The van der Waals surface area contributed by atoms with Gasteiger partial charge in [-0.15, -0.1) is 0 Å². The number of unbranched alkanes of at least 4 members (excludes halogenated alkanes) is 1. The van der Waals surface area contributed by atoms with E-state index in [4.69, 9.17) is 9.47 Å². The van der Waals surface area contributed by atoms with Gasteiger partial charge in [0.25, 0.3) is 10.0 Å². The highest BCUT2D eigenvalue weighted by molar-refractivity contribution is 7.92. The Bertz CT molecular complexity index is 1730. The molecule has 0 saturated carbocycles. The molecule has 9 nitrogen and oxygen atoms in total. The molecule has 4 rings (SSSR count). The molecule has 10 heteroatoms. The molecule has 2 amide bonds. The number of sulfonamides is 1. The fourth-order valence-corrected chi connectivity index (χ4v) is 6.72. The fraction of sp³-hybridized carbons (Fsp3) is 0.297. The molecule has 0 aliphatic heterocycles. The Hall–Kier alpha value is -4.83. The number of nitrogens with one attached hydrogen (secondary N) is 1. The lowest BCUT2D eigenvalue weighted by atomic mass is 10.0. The van der Waals surface area contributed by atoms with Gasteiger partial charge >= 0.3 is 0 Å². The number of anilines is 1. The van der Waals surface area contributed by atoms with Gasteiger partial charge in [-0.25, -0.2) is 8.42 Å². The predicted octanol–water partition coefficient (Wildman–Crippen LogP) is 5.76. The Kier molecular flexibility index (Phi) is 12.4. The van der Waals surface area contributed by atoms with Crippen LogP contribution >= 0.6 is 0 Å². The van der Waals surface area contributed by atoms with E-state index in [0.717, 1.165) is 33.8 Å². The molecule has 0 spiro atoms. The normalized spacial score (nSPS) is 11.7. The van der Waals surface area contributed by atoms with Gasteiger partial charge in [-0.3, -0.25) is 13.9 Å². The number of aryl methyl sites for hydroxylation is 1. The van der Waals surface area contributed by atoms with E-state index in [9.17, 15) is 18.0 Å². The number of ether oxygens (including phenoxy) is 2. The van der Waals surface area contributed by atoms with Crippen molar-refractivity contribution in [1.82, 2.24) is 10.2 Å². The summed E-state index contributed by atoms with van der Waals surface area (Å²) in [5.41, 5.74) is 2.91. The van der Waals surface area contributed by atoms with Crippen LogP contribution in [0.3, 0.4) is 0 Å². The van der Waals surface area contributed by atoms with Gasteiger partial charge in [-0.1, -0.05) is 91.7 Å². The topological polar surface area (TPSA) is 105 Å². The fourth-order valence-electron chi connectivity index (χ4n) is 5.30. The number of benzene rings is 4. The summed E-state index contributed by atoms with van der Waals surface area (Å²) in [6.45, 7) is 4.00. The van der Waals surface area contributed by atoms with Crippen molar-refractivity contribution in [3.63, 3.8) is 0 Å². The van der Waals surface area contributed by atoms with E-state index in [1.807, 2.05) is 68.4 Å². The van der Waals surface area contributed by atoms with Gasteiger partial charge in [0.15, 0.2) is 11.5 Å². The number of hydrogen-bond donors (Lipinski definition) is 1. The maximum absolute atomic E-state index is 14.6. The Morgan fingerprint density at radius 3 is 2.11 bits per heavy atom. The molecule has 4 aromatic rings. The quantitative estimate of drug-likeness (QED) is 0.154. The van der Waals surface area contributed by atoms with Crippen LogP contribution in [0.1, 0.15) is 36.5 Å². The maximum Gasteiger partial charge on any atom is 0.264 e. The van der Waals surface area contributed by atoms with Gasteiger partial charge in [-0.05, 0) is 48.7 Å². The van der Waals surface area contributed by atoms with E-state index < -0.39 is 28.5 Å². The van der Waals surface area contributed by atoms with Crippen molar-refractivity contribution >= 4 is 27.5 Å². The van der Waals surface area contributed by atoms with Gasteiger partial charge in [0, 0.05) is 25.6 Å². The summed E-state index contributed by atoms with van der Waals surface area (Å²) in [7, 11) is -1.30. The first-order chi connectivity index (χ1) is 22.7. The highest BCUT2D eigenvalue weighted by Crippen LogP contribution is 2.34. The lowest BCUT2D eigenvalue weighted by molar-refractivity contribution is -0.140. The molecule has 0 aliphatic rings. The third kappa shape index (κ3) is 9.13. The van der Waals surface area contributed by atoms with Gasteiger partial charge in [0.1, 0.15) is 12.6 Å². The molecule has 0 heterocycles. The summed E-state index contributed by atoms with van der Waals surface area (Å²) in [5, 5.41) is 3.01. The van der Waals surface area contributed by atoms with Crippen molar-refractivity contribution in [3.8, 4) is 11.5 Å². The highest BCUT2D eigenvalue weighted by atomic mass is 32.2. The summed E-state index contributed by atoms with van der Waals surface area (Å²) >= 11 is 0. The number of rotatable bonds is 16. The number of amides is 2. The first-order valence-corrected chi connectivity index (χ1v) is 17.1. The zero-order valence-corrected chi connectivity index (χ0v) is 28.2. The number of carbonyl (C=O) groups is 2. The number of carbonyl (C=O) groups excluding carboxylic acids is 2. The molecule has 0 radical (unpaired) electrons. The van der Waals surface area contributed by atoms with Crippen molar-refractivity contribution in [1.29, 1.82) is 0 Å². The van der Waals surface area contributed by atoms with Crippen molar-refractivity contribution in [2.75, 3.05) is 31.6 Å². The second kappa shape index (κ2) is 16.6. The van der Waals surface area contributed by atoms with E-state index in [2.05, 4.69) is 5.32 Å². The Balaban J connectivity index is 1.82. The second-order valence-corrected chi connectivity index (χ2v) is 13.1. The van der Waals surface area contributed by atoms with E-state index in [1.165, 1.54) is 37.3 Å². The largest absolute Gasteiger partial charge is 0.493 e. The zero-order chi connectivity index (χ0) is 33.8. The van der Waals surface area contributed by atoms with Crippen LogP contribution in [0.2, 0.25) is 0 Å². The number of nitrogens with zero attached hydrogens (tertiary/aromatic N) is 2. The molecule has 0 fully saturated rings. The molecule has 248 valence electrons. The molecule has 0 aromatic heterocycles. The highest BCUT2D eigenvalue weighted by Gasteiger charge is 2.35. The molecular formula is C37H43N3O6S. The standard InChI is InChI=1S/C37H43N3O6S/c1-5-6-22-38-37(42)33(24-29-15-9-7-10-16-29)39(26-30-17-13-14-28(2)23-30)36(41)27-40(47(43,44)32-18-11-8-12-19-32)31-20-21-34(45-3)35(25-31)46-4/h7-21,23,25,33H,5-6,22,24,26-27H2,1-4H3,(H,38,42). The van der Waals surface area contributed by atoms with Crippen molar-refractivity contribution < 1.29 is 27.5 Å². The molecule has 47 heavy (non-hydrogen) atoms. The Morgan fingerprint density at radius 2 is 1.47 bits per heavy atom. The smallest absolute Gasteiger partial charge is 0.264 e. The molecule has 1 unspecified atom stereocenters. The second-order valence-electron chi connectivity index (χ2n) is 11.2. The average Bonchev–Trinajstić information content (AvgIpc) is 3.09. The van der Waals surface area contributed by atoms with Gasteiger partial charge in [-0.2, -0.15) is 0 Å². The predicted molar refractivity (Wildman–Crippen MR) is 184 cm³/mol. The van der Waals surface area contributed by atoms with Crippen LogP contribution in [0.5, 0.6) is 11.5 Å². The Morgan fingerprint density at radius 1 is 0.809 bits per heavy atom. The maximum atomic E-state index is 14.6. The Labute approximate surface area is 278 Å². The van der Waals surface area contributed by atoms with Crippen molar-refractivity contribution in [2.45, 2.75) is 50.6 Å². The van der Waals surface area contributed by atoms with Crippen molar-refractivity contribution in [3.05, 3.63) is 120 Å². The van der Waals surface area contributed by atoms with E-state index in [0.29, 0.717) is 18.0 Å². The molecule has 0 aliphatic carbocycles. The van der Waals surface area contributed by atoms with Crippen LogP contribution in [-0.2, 0) is 32.6 Å². The van der Waals surface area contributed by atoms with Crippen LogP contribution in [0.15, 0.2) is 108 Å². The van der Waals surface area contributed by atoms with E-state index in [1.54, 1.807) is 30.3 Å². The van der Waals surface area contributed by atoms with Crippen LogP contribution < -0.4 is 19.1 Å². The first kappa shape index (κ1) is 35.0. The van der Waals surface area contributed by atoms with Gasteiger partial charge in [0.2, 0.25) is 11.8 Å². The molecule has 4 aromatic carbocycles. The number of methoxy groups -OCH3 is 2. The van der Waals surface area contributed by atoms with Crippen molar-refractivity contribution in [2.24, 2.45) is 0 Å². The molecule has 0 saturated heterocycles. The summed E-state index contributed by atoms with van der Waals surface area (Å²) in [6.07, 6.45) is 1.93. The lowest BCUT2D eigenvalue weighted by Crippen LogP contribution is -2.53. The SMILES string of the molecule is CCCCNC(=O)C(Cc1ccccc1)N(Cc1cccc(C)c1)C(=O)CN(c1ccc(OC)c(OC)c1)S(=O)(=O)c1ccccc1. The minimum Gasteiger partial charge on any atom is -0.493 e. The summed E-state index contributed by atoms with van der Waals surface area (Å²) in [6, 6.07) is 28.9. The first-order valence-electron chi connectivity index (χ1n) is 15.6. The zero-order valence-electron chi connectivity index (χ0n) is 27.4. The summed E-state index contributed by atoms with van der Waals surface area (Å²) < 4.78 is 40.4. The van der Waals surface area contributed by atoms with Crippen LogP contribution in [0, 0.1) is 6.92 Å². The molecule has 0 bridgehead atoms. The lowest BCUT2D eigenvalue weighted by Gasteiger charge is -2.34. The summed E-state index contributed by atoms with van der Waals surface area (Å²) in [4.78, 5) is 30.0. The van der Waals surface area contributed by atoms with Crippen LogP contribution in [0.25, 0.3) is 0 Å². The summed E-state index contributed by atoms with van der Waals surface area (Å²) in [5.74, 6) is -0.119. The van der Waals surface area contributed by atoms with Gasteiger partial charge < -0.3 is 19.7 Å². The van der Waals surface area contributed by atoms with Gasteiger partial charge in [0.05, 0.1) is 24.8 Å². The minimum absolute atomic E-state index is 0.0194. The molecule has 1 N–H and O–H groups in total. The molecule has 1 atom stereocenters. The third-order valence-corrected chi connectivity index (χ3v) is 9.59. The van der Waals surface area contributed by atoms with E-state index >= 15 is 0 Å². The number of hydrogen-bond acceptors (Lipinski definition) is 6.